The lowest BCUT2D eigenvalue weighted by Crippen LogP contribution is -2.02. The Morgan fingerprint density at radius 3 is 1.04 bits per heavy atom. The summed E-state index contributed by atoms with van der Waals surface area (Å²) in [5.74, 6) is 1.78. The van der Waals surface area contributed by atoms with Gasteiger partial charge in [-0.2, -0.15) is 0 Å². The highest BCUT2D eigenvalue weighted by Gasteiger charge is 2.21. The first-order valence-corrected chi connectivity index (χ1v) is 17.9. The summed E-state index contributed by atoms with van der Waals surface area (Å²) in [6.45, 7) is 0. The molecule has 0 N–H and O–H groups in total. The van der Waals surface area contributed by atoms with Crippen LogP contribution in [-0.2, 0) is 0 Å². The van der Waals surface area contributed by atoms with Gasteiger partial charge in [-0.25, -0.2) is 24.9 Å². The fraction of sp³-hybridized carbons (Fsp3) is 0. The highest BCUT2D eigenvalue weighted by molar-refractivity contribution is 5.88. The molecule has 0 fully saturated rings. The van der Waals surface area contributed by atoms with Gasteiger partial charge in [0.1, 0.15) is 0 Å². The molecular weight excluding hydrogens is 659 g/mol. The molecule has 0 unspecified atom stereocenters. The van der Waals surface area contributed by atoms with Gasteiger partial charge in [0.2, 0.25) is 0 Å². The van der Waals surface area contributed by atoms with Gasteiger partial charge in [-0.15, -0.1) is 0 Å². The summed E-state index contributed by atoms with van der Waals surface area (Å²) >= 11 is 0. The molecule has 0 aliphatic rings. The monoisotopic (exact) mass is 691 g/mol. The first-order valence-electron chi connectivity index (χ1n) is 17.9. The van der Waals surface area contributed by atoms with E-state index in [1.54, 1.807) is 0 Å². The van der Waals surface area contributed by atoms with Crippen LogP contribution in [0.3, 0.4) is 0 Å². The van der Waals surface area contributed by atoms with E-state index in [9.17, 15) is 0 Å². The van der Waals surface area contributed by atoms with Crippen LogP contribution in [0, 0.1) is 0 Å². The molecule has 5 heteroatoms. The van der Waals surface area contributed by atoms with Gasteiger partial charge in [0.05, 0.1) is 22.8 Å². The zero-order chi connectivity index (χ0) is 36.1. The van der Waals surface area contributed by atoms with Gasteiger partial charge in [-0.3, -0.25) is 0 Å². The third-order valence-corrected chi connectivity index (χ3v) is 9.35. The van der Waals surface area contributed by atoms with Crippen LogP contribution in [0.15, 0.2) is 200 Å². The summed E-state index contributed by atoms with van der Waals surface area (Å²) in [6.07, 6.45) is 0. The summed E-state index contributed by atoms with van der Waals surface area (Å²) in [6, 6.07) is 67.8. The predicted molar refractivity (Wildman–Crippen MR) is 219 cm³/mol. The van der Waals surface area contributed by atoms with Crippen molar-refractivity contribution in [1.82, 2.24) is 24.9 Å². The Kier molecular flexibility index (Phi) is 8.86. The van der Waals surface area contributed by atoms with Crippen LogP contribution < -0.4 is 0 Å². The van der Waals surface area contributed by atoms with Gasteiger partial charge in [-0.1, -0.05) is 194 Å². The van der Waals surface area contributed by atoms with E-state index < -0.39 is 0 Å². The van der Waals surface area contributed by atoms with Crippen molar-refractivity contribution in [2.75, 3.05) is 0 Å². The Hall–Kier alpha value is -7.37. The Labute approximate surface area is 314 Å². The van der Waals surface area contributed by atoms with Crippen LogP contribution in [0.4, 0.5) is 0 Å². The molecule has 9 rings (SSSR count). The number of nitrogens with zero attached hydrogens (tertiary/aromatic N) is 5. The molecule has 0 amide bonds. The Morgan fingerprint density at radius 2 is 0.537 bits per heavy atom. The lowest BCUT2D eigenvalue weighted by atomic mass is 9.98. The molecule has 9 aromatic rings. The summed E-state index contributed by atoms with van der Waals surface area (Å²) < 4.78 is 0. The first-order chi connectivity index (χ1) is 26.8. The second-order valence-electron chi connectivity index (χ2n) is 12.9. The third kappa shape index (κ3) is 6.58. The lowest BCUT2D eigenvalue weighted by Gasteiger charge is -2.16. The summed E-state index contributed by atoms with van der Waals surface area (Å²) in [7, 11) is 0. The second-order valence-corrected chi connectivity index (χ2v) is 12.9. The molecule has 7 aromatic carbocycles. The second kappa shape index (κ2) is 14.7. The number of aromatic nitrogens is 5. The van der Waals surface area contributed by atoms with Crippen molar-refractivity contribution in [1.29, 1.82) is 0 Å². The molecule has 0 bridgehead atoms. The Bertz CT molecular complexity index is 2680. The fourth-order valence-corrected chi connectivity index (χ4v) is 6.72. The van der Waals surface area contributed by atoms with Crippen molar-refractivity contribution in [2.24, 2.45) is 0 Å². The molecule has 0 radical (unpaired) electrons. The predicted octanol–water partition coefficient (Wildman–Crippen LogP) is 12.0. The molecule has 2 aromatic heterocycles. The minimum atomic E-state index is 0.571. The molecule has 0 saturated heterocycles. The van der Waals surface area contributed by atoms with E-state index in [-0.39, 0.29) is 0 Å². The molecule has 254 valence electrons. The Morgan fingerprint density at radius 1 is 0.204 bits per heavy atom. The van der Waals surface area contributed by atoms with E-state index in [0.29, 0.717) is 17.5 Å². The van der Waals surface area contributed by atoms with Gasteiger partial charge in [0.25, 0.3) is 0 Å². The molecule has 54 heavy (non-hydrogen) atoms. The average Bonchev–Trinajstić information content (AvgIpc) is 3.27. The summed E-state index contributed by atoms with van der Waals surface area (Å²) in [5, 5.41) is 0. The van der Waals surface area contributed by atoms with Crippen LogP contribution in [0.1, 0.15) is 0 Å². The molecule has 0 aliphatic carbocycles. The topological polar surface area (TPSA) is 64.5 Å². The quantitative estimate of drug-likeness (QED) is 0.159. The number of hydrogen-bond donors (Lipinski definition) is 0. The molecule has 0 saturated carbocycles. The van der Waals surface area contributed by atoms with Crippen LogP contribution in [0.25, 0.3) is 90.3 Å². The van der Waals surface area contributed by atoms with Crippen LogP contribution in [0.5, 0.6) is 0 Å². The van der Waals surface area contributed by atoms with Crippen LogP contribution >= 0.6 is 0 Å². The molecule has 0 aliphatic heterocycles. The highest BCUT2D eigenvalue weighted by Crippen LogP contribution is 2.38. The van der Waals surface area contributed by atoms with Gasteiger partial charge in [-0.05, 0) is 17.2 Å². The molecule has 0 spiro atoms. The summed E-state index contributed by atoms with van der Waals surface area (Å²) in [4.78, 5) is 26.2. The van der Waals surface area contributed by atoms with Crippen molar-refractivity contribution in [3.8, 4) is 90.3 Å². The zero-order valence-corrected chi connectivity index (χ0v) is 29.3. The highest BCUT2D eigenvalue weighted by atomic mass is 15.0. The summed E-state index contributed by atoms with van der Waals surface area (Å²) in [5.41, 5.74) is 11.9. The lowest BCUT2D eigenvalue weighted by molar-refractivity contribution is 1.07. The average molecular weight is 692 g/mol. The minimum absolute atomic E-state index is 0.571. The van der Waals surface area contributed by atoms with Crippen molar-refractivity contribution < 1.29 is 0 Å². The molecule has 5 nitrogen and oxygen atoms in total. The van der Waals surface area contributed by atoms with Gasteiger partial charge in [0.15, 0.2) is 17.5 Å². The van der Waals surface area contributed by atoms with E-state index in [0.717, 1.165) is 72.8 Å². The number of hydrogen-bond acceptors (Lipinski definition) is 5. The van der Waals surface area contributed by atoms with Crippen molar-refractivity contribution in [3.63, 3.8) is 0 Å². The number of benzene rings is 7. The van der Waals surface area contributed by atoms with E-state index in [2.05, 4.69) is 72.8 Å². The van der Waals surface area contributed by atoms with Crippen LogP contribution in [-0.4, -0.2) is 24.9 Å². The largest absolute Gasteiger partial charge is 0.243 e. The van der Waals surface area contributed by atoms with E-state index >= 15 is 0 Å². The maximum atomic E-state index is 5.46. The SMILES string of the molecule is c1ccc(-c2nc(-c3cccc(-c4nc(-c5ccccc5)c(-c5ccccc5)nc4-c4ccccc4)c3)nc(-c3ccccc3-c3ccccc3)n2)cc1. The minimum Gasteiger partial charge on any atom is -0.243 e. The maximum Gasteiger partial charge on any atom is 0.164 e. The van der Waals surface area contributed by atoms with Crippen molar-refractivity contribution in [2.45, 2.75) is 0 Å². The smallest absolute Gasteiger partial charge is 0.164 e. The Balaban J connectivity index is 1.25. The standard InChI is InChI=1S/C49H33N5/c1-6-19-34(20-7-1)41-31-16-17-32-42(41)49-53-47(38-27-14-5-15-28-38)52-48(54-49)40-30-18-29-39(33-40)46-45(37-25-12-4-13-26-37)50-43(35-21-8-2-9-22-35)44(51-46)36-23-10-3-11-24-36/h1-33H. The molecule has 0 atom stereocenters. The molecule has 2 heterocycles. The molecular formula is C49H33N5. The van der Waals surface area contributed by atoms with Crippen molar-refractivity contribution in [3.05, 3.63) is 200 Å². The van der Waals surface area contributed by atoms with Crippen LogP contribution in [0.2, 0.25) is 0 Å². The zero-order valence-electron chi connectivity index (χ0n) is 29.3. The normalized spacial score (nSPS) is 11.0. The van der Waals surface area contributed by atoms with E-state index in [1.165, 1.54) is 0 Å². The fourth-order valence-electron chi connectivity index (χ4n) is 6.72. The van der Waals surface area contributed by atoms with E-state index in [4.69, 9.17) is 24.9 Å². The van der Waals surface area contributed by atoms with E-state index in [1.807, 2.05) is 127 Å². The maximum absolute atomic E-state index is 5.46. The first kappa shape index (κ1) is 32.5. The van der Waals surface area contributed by atoms with Gasteiger partial charge >= 0.3 is 0 Å². The van der Waals surface area contributed by atoms with Gasteiger partial charge in [0, 0.05) is 38.9 Å². The van der Waals surface area contributed by atoms with Crippen molar-refractivity contribution >= 4 is 0 Å². The van der Waals surface area contributed by atoms with Gasteiger partial charge < -0.3 is 0 Å². The number of rotatable bonds is 8. The third-order valence-electron chi connectivity index (χ3n) is 9.35.